The van der Waals surface area contributed by atoms with Crippen molar-refractivity contribution in [3.05, 3.63) is 58.7 Å². The van der Waals surface area contributed by atoms with Gasteiger partial charge in [0.15, 0.2) is 0 Å². The van der Waals surface area contributed by atoms with Gasteiger partial charge in [0.05, 0.1) is 26.1 Å². The standard InChI is InChI=1S/C13H18O5S.C12H16O3.C4H8O.CH4/c1-13(2)16-9-11-10(5-4-6-12(11)18-13)7-8-17-19(3,14)15;1-12(2)14-8-10-9(6-7-13)4-3-5-11(10)15-12;1-2-4-5-3-1;/h4-6H,7-9H2,1-3H3;3-5,13H,6-8H2,1-2H3;1-4H2;1H4. The molecular formula is C30H46O9S. The molecule has 3 aliphatic heterocycles. The molecule has 5 rings (SSSR count). The van der Waals surface area contributed by atoms with Gasteiger partial charge in [-0.2, -0.15) is 8.42 Å². The topological polar surface area (TPSA) is 110 Å². The summed E-state index contributed by atoms with van der Waals surface area (Å²) in [7, 11) is -3.40. The highest BCUT2D eigenvalue weighted by Crippen LogP contribution is 2.34. The van der Waals surface area contributed by atoms with E-state index < -0.39 is 21.7 Å². The molecule has 0 spiro atoms. The van der Waals surface area contributed by atoms with E-state index in [4.69, 9.17) is 33.0 Å². The molecule has 226 valence electrons. The minimum absolute atomic E-state index is 0. The Kier molecular flexibility index (Phi) is 12.9. The highest BCUT2D eigenvalue weighted by Gasteiger charge is 2.29. The van der Waals surface area contributed by atoms with Crippen LogP contribution in [-0.2, 0) is 54.6 Å². The second-order valence-corrected chi connectivity index (χ2v) is 12.1. The fourth-order valence-electron chi connectivity index (χ4n) is 4.22. The van der Waals surface area contributed by atoms with Gasteiger partial charge < -0.3 is 28.8 Å². The molecule has 0 bridgehead atoms. The highest BCUT2D eigenvalue weighted by molar-refractivity contribution is 7.85. The predicted molar refractivity (Wildman–Crippen MR) is 154 cm³/mol. The first kappa shape index (κ1) is 34.0. The zero-order chi connectivity index (χ0) is 28.5. The van der Waals surface area contributed by atoms with Crippen LogP contribution in [0.15, 0.2) is 36.4 Å². The van der Waals surface area contributed by atoms with Crippen molar-refractivity contribution in [3.8, 4) is 11.5 Å². The maximum absolute atomic E-state index is 10.9. The smallest absolute Gasteiger partial charge is 0.264 e. The van der Waals surface area contributed by atoms with E-state index in [9.17, 15) is 8.42 Å². The van der Waals surface area contributed by atoms with E-state index in [0.29, 0.717) is 26.1 Å². The number of ether oxygens (including phenoxy) is 5. The first-order chi connectivity index (χ1) is 18.4. The minimum Gasteiger partial charge on any atom is -0.463 e. The number of hydrogen-bond donors (Lipinski definition) is 1. The van der Waals surface area contributed by atoms with E-state index in [1.807, 2.05) is 64.1 Å². The molecule has 3 aliphatic rings. The molecule has 0 saturated carbocycles. The molecule has 0 aliphatic carbocycles. The van der Waals surface area contributed by atoms with Gasteiger partial charge in [-0.15, -0.1) is 0 Å². The molecule has 40 heavy (non-hydrogen) atoms. The average molecular weight is 583 g/mol. The van der Waals surface area contributed by atoms with Crippen molar-refractivity contribution in [2.45, 2.75) is 85.6 Å². The normalized spacial score (nSPS) is 18.1. The Morgan fingerprint density at radius 3 is 1.70 bits per heavy atom. The predicted octanol–water partition coefficient (Wildman–Crippen LogP) is 5.15. The molecule has 10 heteroatoms. The molecule has 1 saturated heterocycles. The minimum atomic E-state index is -3.40. The molecule has 0 atom stereocenters. The molecule has 2 aromatic rings. The second kappa shape index (κ2) is 15.1. The van der Waals surface area contributed by atoms with Crippen LogP contribution in [0.25, 0.3) is 0 Å². The Morgan fingerprint density at radius 1 is 0.825 bits per heavy atom. The molecule has 2 aromatic carbocycles. The summed E-state index contributed by atoms with van der Waals surface area (Å²) in [5.41, 5.74) is 4.10. The summed E-state index contributed by atoms with van der Waals surface area (Å²) in [4.78, 5) is 0. The van der Waals surface area contributed by atoms with Gasteiger partial charge in [-0.05, 0) is 48.9 Å². The van der Waals surface area contributed by atoms with Crippen LogP contribution in [0.4, 0.5) is 0 Å². The summed E-state index contributed by atoms with van der Waals surface area (Å²) < 4.78 is 54.1. The molecule has 3 heterocycles. The van der Waals surface area contributed by atoms with E-state index in [1.165, 1.54) is 12.8 Å². The van der Waals surface area contributed by atoms with Gasteiger partial charge in [-0.1, -0.05) is 31.7 Å². The van der Waals surface area contributed by atoms with Gasteiger partial charge in [0.1, 0.15) is 11.5 Å². The fourth-order valence-corrected chi connectivity index (χ4v) is 4.61. The lowest BCUT2D eigenvalue weighted by atomic mass is 10.0. The third-order valence-corrected chi connectivity index (χ3v) is 6.77. The van der Waals surface area contributed by atoms with Crippen LogP contribution in [0.3, 0.4) is 0 Å². The van der Waals surface area contributed by atoms with Crippen LogP contribution in [0.2, 0.25) is 0 Å². The van der Waals surface area contributed by atoms with Crippen molar-refractivity contribution in [2.75, 3.05) is 32.7 Å². The lowest BCUT2D eigenvalue weighted by Crippen LogP contribution is -2.35. The summed E-state index contributed by atoms with van der Waals surface area (Å²) in [6.45, 7) is 10.8. The van der Waals surface area contributed by atoms with Gasteiger partial charge in [0.2, 0.25) is 11.6 Å². The van der Waals surface area contributed by atoms with Crippen LogP contribution >= 0.6 is 0 Å². The van der Waals surface area contributed by atoms with Gasteiger partial charge in [0, 0.05) is 58.6 Å². The summed E-state index contributed by atoms with van der Waals surface area (Å²) >= 11 is 0. The zero-order valence-electron chi connectivity index (χ0n) is 23.7. The van der Waals surface area contributed by atoms with E-state index in [1.54, 1.807) is 0 Å². The number of aliphatic hydroxyl groups is 1. The zero-order valence-corrected chi connectivity index (χ0v) is 24.5. The quantitative estimate of drug-likeness (QED) is 0.463. The SMILES string of the molecule is C.C1CCOC1.CC1(C)OCc2c(CCO)cccc2O1.CC1(C)OCc2c(CCOS(C)(=O)=O)cccc2O1. The van der Waals surface area contributed by atoms with Gasteiger partial charge in [0.25, 0.3) is 10.1 Å². The lowest BCUT2D eigenvalue weighted by Gasteiger charge is -2.33. The summed E-state index contributed by atoms with van der Waals surface area (Å²) in [6, 6.07) is 11.6. The maximum Gasteiger partial charge on any atom is 0.264 e. The molecule has 1 fully saturated rings. The number of benzene rings is 2. The van der Waals surface area contributed by atoms with Crippen LogP contribution < -0.4 is 9.47 Å². The van der Waals surface area contributed by atoms with E-state index in [0.717, 1.165) is 53.2 Å². The van der Waals surface area contributed by atoms with Crippen molar-refractivity contribution in [2.24, 2.45) is 0 Å². The summed E-state index contributed by atoms with van der Waals surface area (Å²) in [6.07, 6.45) is 4.75. The van der Waals surface area contributed by atoms with Gasteiger partial charge >= 0.3 is 0 Å². The number of fused-ring (bicyclic) bond motifs is 2. The van der Waals surface area contributed by atoms with Crippen molar-refractivity contribution >= 4 is 10.1 Å². The average Bonchev–Trinajstić information content (AvgIpc) is 3.43. The first-order valence-electron chi connectivity index (χ1n) is 13.3. The number of hydrogen-bond acceptors (Lipinski definition) is 9. The molecule has 9 nitrogen and oxygen atoms in total. The van der Waals surface area contributed by atoms with Crippen LogP contribution in [0.1, 0.15) is 70.2 Å². The Morgan fingerprint density at radius 2 is 1.30 bits per heavy atom. The third kappa shape index (κ3) is 11.0. The first-order valence-corrected chi connectivity index (χ1v) is 15.1. The van der Waals surface area contributed by atoms with E-state index >= 15 is 0 Å². The van der Waals surface area contributed by atoms with Crippen LogP contribution in [-0.4, -0.2) is 57.8 Å². The molecular weight excluding hydrogens is 536 g/mol. The molecule has 0 radical (unpaired) electrons. The number of rotatable bonds is 6. The Hall–Kier alpha value is -2.21. The Balaban J connectivity index is 0.000000237. The Labute approximate surface area is 239 Å². The van der Waals surface area contributed by atoms with Crippen molar-refractivity contribution < 1.29 is 41.4 Å². The second-order valence-electron chi connectivity index (χ2n) is 10.4. The van der Waals surface area contributed by atoms with Crippen molar-refractivity contribution in [3.63, 3.8) is 0 Å². The lowest BCUT2D eigenvalue weighted by molar-refractivity contribution is -0.180. The molecule has 0 amide bonds. The summed E-state index contributed by atoms with van der Waals surface area (Å²) in [5, 5.41) is 8.94. The van der Waals surface area contributed by atoms with Gasteiger partial charge in [-0.3, -0.25) is 4.18 Å². The summed E-state index contributed by atoms with van der Waals surface area (Å²) in [5.74, 6) is 0.477. The largest absolute Gasteiger partial charge is 0.463 e. The van der Waals surface area contributed by atoms with Crippen molar-refractivity contribution in [1.29, 1.82) is 0 Å². The van der Waals surface area contributed by atoms with E-state index in [2.05, 4.69) is 0 Å². The van der Waals surface area contributed by atoms with E-state index in [-0.39, 0.29) is 20.6 Å². The molecule has 0 unspecified atom stereocenters. The number of aliphatic hydroxyl groups excluding tert-OH is 1. The van der Waals surface area contributed by atoms with Crippen molar-refractivity contribution in [1.82, 2.24) is 0 Å². The van der Waals surface area contributed by atoms with Crippen LogP contribution in [0, 0.1) is 0 Å². The van der Waals surface area contributed by atoms with Crippen LogP contribution in [0.5, 0.6) is 11.5 Å². The monoisotopic (exact) mass is 582 g/mol. The molecule has 0 aromatic heterocycles. The molecule has 1 N–H and O–H groups in total. The highest BCUT2D eigenvalue weighted by atomic mass is 32.2. The Bertz CT molecular complexity index is 1160. The third-order valence-electron chi connectivity index (χ3n) is 6.18. The fraction of sp³-hybridized carbons (Fsp3) is 0.600. The van der Waals surface area contributed by atoms with Gasteiger partial charge in [-0.25, -0.2) is 0 Å². The maximum atomic E-state index is 10.9.